The van der Waals surface area contributed by atoms with E-state index in [2.05, 4.69) is 15.2 Å². The maximum absolute atomic E-state index is 13.9. The molecular weight excluding hydrogens is 580 g/mol. The Morgan fingerprint density at radius 3 is 2.20 bits per heavy atom. The molecule has 1 fully saturated rings. The van der Waals surface area contributed by atoms with Gasteiger partial charge >= 0.3 is 6.03 Å². The van der Waals surface area contributed by atoms with E-state index in [9.17, 15) is 18.0 Å². The molecule has 4 aromatic rings. The van der Waals surface area contributed by atoms with Crippen molar-refractivity contribution in [1.82, 2.24) is 19.8 Å². The van der Waals surface area contributed by atoms with Crippen molar-refractivity contribution in [3.05, 3.63) is 114 Å². The van der Waals surface area contributed by atoms with E-state index in [0.29, 0.717) is 30.8 Å². The fraction of sp³-hybridized carbons (Fsp3) is 0.219. The zero-order valence-electron chi connectivity index (χ0n) is 24.0. The van der Waals surface area contributed by atoms with Crippen LogP contribution in [0.25, 0.3) is 10.8 Å². The van der Waals surface area contributed by atoms with Crippen molar-refractivity contribution in [2.75, 3.05) is 26.2 Å². The van der Waals surface area contributed by atoms with Crippen LogP contribution in [0, 0.1) is 0 Å². The van der Waals surface area contributed by atoms with Crippen LogP contribution in [0.5, 0.6) is 0 Å². The van der Waals surface area contributed by atoms with E-state index in [1.165, 1.54) is 6.07 Å². The number of oxime groups is 1. The molecule has 0 aromatic heterocycles. The molecule has 1 heterocycles. The fourth-order valence-electron chi connectivity index (χ4n) is 5.16. The molecule has 5 rings (SSSR count). The highest BCUT2D eigenvalue weighted by molar-refractivity contribution is 7.89. The lowest BCUT2D eigenvalue weighted by molar-refractivity contribution is -0.134. The second-order valence-corrected chi connectivity index (χ2v) is 12.2. The lowest BCUT2D eigenvalue weighted by Crippen LogP contribution is -2.57. The Balaban J connectivity index is 1.32. The van der Waals surface area contributed by atoms with Crippen LogP contribution in [0.4, 0.5) is 4.79 Å². The third-order valence-corrected chi connectivity index (χ3v) is 9.03. The molecule has 12 heteroatoms. The van der Waals surface area contributed by atoms with Crippen LogP contribution in [0.1, 0.15) is 16.7 Å². The summed E-state index contributed by atoms with van der Waals surface area (Å²) in [6.07, 6.45) is 0.0238. The molecule has 11 nitrogen and oxygen atoms in total. The van der Waals surface area contributed by atoms with Crippen LogP contribution in [0.2, 0.25) is 0 Å². The van der Waals surface area contributed by atoms with Gasteiger partial charge in [-0.2, -0.15) is 4.72 Å². The average Bonchev–Trinajstić information content (AvgIpc) is 3.06. The molecule has 4 aromatic carbocycles. The molecule has 0 radical (unpaired) electrons. The number of carbonyl (C=O) groups is 2. The number of hydrogen-bond acceptors (Lipinski definition) is 6. The van der Waals surface area contributed by atoms with Crippen molar-refractivity contribution in [2.45, 2.75) is 23.9 Å². The number of hydrogen-bond donors (Lipinski definition) is 4. The number of nitrogens with one attached hydrogen (secondary N) is 2. The number of carbonyl (C=O) groups excluding carboxylic acids is 2. The SMILES string of the molecule is NC(=NO)c1cccc(C[C@H](NS(=O)(=O)c2ccc3ccccc3c2)C(=O)N2CCN(C(=O)NCc3ccccc3)CC2)c1. The minimum atomic E-state index is -4.10. The van der Waals surface area contributed by atoms with Gasteiger partial charge in [-0.1, -0.05) is 84.0 Å². The number of nitrogens with two attached hydrogens (primary N) is 1. The third kappa shape index (κ3) is 7.33. The van der Waals surface area contributed by atoms with Crippen LogP contribution in [-0.2, 0) is 27.8 Å². The second-order valence-electron chi connectivity index (χ2n) is 10.5. The van der Waals surface area contributed by atoms with Crippen molar-refractivity contribution < 1.29 is 23.2 Å². The lowest BCUT2D eigenvalue weighted by Gasteiger charge is -2.36. The van der Waals surface area contributed by atoms with E-state index in [0.717, 1.165) is 16.3 Å². The topological polar surface area (TPSA) is 157 Å². The largest absolute Gasteiger partial charge is 0.409 e. The minimum Gasteiger partial charge on any atom is -0.409 e. The average molecular weight is 615 g/mol. The molecule has 0 unspecified atom stereocenters. The summed E-state index contributed by atoms with van der Waals surface area (Å²) in [4.78, 5) is 29.9. The van der Waals surface area contributed by atoms with Crippen molar-refractivity contribution in [3.63, 3.8) is 0 Å². The van der Waals surface area contributed by atoms with Crippen molar-refractivity contribution >= 4 is 38.6 Å². The van der Waals surface area contributed by atoms with E-state index in [1.807, 2.05) is 54.6 Å². The Morgan fingerprint density at radius 2 is 1.48 bits per heavy atom. The van der Waals surface area contributed by atoms with Gasteiger partial charge in [0.1, 0.15) is 6.04 Å². The van der Waals surface area contributed by atoms with Gasteiger partial charge in [-0.25, -0.2) is 13.2 Å². The minimum absolute atomic E-state index is 0.0238. The molecule has 0 bridgehead atoms. The van der Waals surface area contributed by atoms with Gasteiger partial charge in [0, 0.05) is 38.3 Å². The first-order valence-corrected chi connectivity index (χ1v) is 15.7. The van der Waals surface area contributed by atoms with Gasteiger partial charge in [-0.3, -0.25) is 4.79 Å². The molecule has 1 aliphatic rings. The Bertz CT molecular complexity index is 1770. The van der Waals surface area contributed by atoms with Crippen LogP contribution < -0.4 is 15.8 Å². The monoisotopic (exact) mass is 614 g/mol. The van der Waals surface area contributed by atoms with Crippen molar-refractivity contribution in [2.24, 2.45) is 10.9 Å². The van der Waals surface area contributed by atoms with Crippen molar-refractivity contribution in [3.8, 4) is 0 Å². The van der Waals surface area contributed by atoms with E-state index in [-0.39, 0.29) is 36.3 Å². The molecule has 228 valence electrons. The summed E-state index contributed by atoms with van der Waals surface area (Å²) < 4.78 is 29.8. The molecule has 3 amide bonds. The predicted octanol–water partition coefficient (Wildman–Crippen LogP) is 2.88. The number of sulfonamides is 1. The Labute approximate surface area is 256 Å². The molecule has 0 saturated carbocycles. The summed E-state index contributed by atoms with van der Waals surface area (Å²) in [5.74, 6) is -0.513. The van der Waals surface area contributed by atoms with Crippen molar-refractivity contribution in [1.29, 1.82) is 0 Å². The van der Waals surface area contributed by atoms with Gasteiger partial charge in [-0.15, -0.1) is 0 Å². The molecule has 0 spiro atoms. The first-order chi connectivity index (χ1) is 21.2. The molecule has 1 aliphatic heterocycles. The number of rotatable bonds is 9. The third-order valence-electron chi connectivity index (χ3n) is 7.56. The normalized spacial score (nSPS) is 14.8. The number of fused-ring (bicyclic) bond motifs is 1. The van der Waals surface area contributed by atoms with Crippen LogP contribution in [-0.4, -0.2) is 73.4 Å². The summed E-state index contributed by atoms with van der Waals surface area (Å²) in [7, 11) is -4.10. The highest BCUT2D eigenvalue weighted by Gasteiger charge is 2.32. The van der Waals surface area contributed by atoms with Gasteiger partial charge in [0.25, 0.3) is 0 Å². The van der Waals surface area contributed by atoms with E-state index in [4.69, 9.17) is 10.9 Å². The summed E-state index contributed by atoms with van der Waals surface area (Å²) in [6.45, 7) is 1.49. The highest BCUT2D eigenvalue weighted by Crippen LogP contribution is 2.20. The van der Waals surface area contributed by atoms with Crippen LogP contribution in [0.15, 0.2) is 107 Å². The Kier molecular flexibility index (Phi) is 9.41. The van der Waals surface area contributed by atoms with E-state index >= 15 is 0 Å². The summed E-state index contributed by atoms with van der Waals surface area (Å²) in [5, 5.41) is 16.7. The standard InChI is InChI=1S/C32H34N6O5S/c33-30(35-41)27-12-6-9-24(19-27)20-29(36-44(42,43)28-14-13-25-10-4-5-11-26(25)21-28)31(39)37-15-17-38(18-16-37)32(40)34-22-23-7-2-1-3-8-23/h1-14,19,21,29,36,41H,15-18,20,22H2,(H2,33,35)(H,34,40)/t29-/m0/s1. The number of amidine groups is 1. The first-order valence-electron chi connectivity index (χ1n) is 14.2. The van der Waals surface area contributed by atoms with Crippen LogP contribution >= 0.6 is 0 Å². The smallest absolute Gasteiger partial charge is 0.317 e. The van der Waals surface area contributed by atoms with Gasteiger partial charge in [-0.05, 0) is 46.5 Å². The molecule has 1 saturated heterocycles. The van der Waals surface area contributed by atoms with Gasteiger partial charge < -0.3 is 26.1 Å². The predicted molar refractivity (Wildman–Crippen MR) is 168 cm³/mol. The van der Waals surface area contributed by atoms with E-state index in [1.54, 1.807) is 46.2 Å². The van der Waals surface area contributed by atoms with Gasteiger partial charge in [0.2, 0.25) is 15.9 Å². The lowest BCUT2D eigenvalue weighted by atomic mass is 10.0. The number of benzene rings is 4. The maximum atomic E-state index is 13.9. The molecule has 1 atom stereocenters. The maximum Gasteiger partial charge on any atom is 0.317 e. The Hall–Kier alpha value is -4.94. The first kappa shape index (κ1) is 30.5. The van der Waals surface area contributed by atoms with Gasteiger partial charge in [0.05, 0.1) is 4.90 Å². The molecule has 0 aliphatic carbocycles. The molecule has 5 N–H and O–H groups in total. The Morgan fingerprint density at radius 1 is 0.818 bits per heavy atom. The fourth-order valence-corrected chi connectivity index (χ4v) is 6.38. The highest BCUT2D eigenvalue weighted by atomic mass is 32.2. The number of amides is 3. The second kappa shape index (κ2) is 13.6. The summed E-state index contributed by atoms with van der Waals surface area (Å²) in [6, 6.07) is 27.2. The summed E-state index contributed by atoms with van der Waals surface area (Å²) in [5.41, 5.74) is 7.79. The quantitative estimate of drug-likeness (QED) is 0.0983. The van der Waals surface area contributed by atoms with Gasteiger partial charge in [0.15, 0.2) is 5.84 Å². The number of nitrogens with zero attached hydrogens (tertiary/aromatic N) is 3. The molecule has 44 heavy (non-hydrogen) atoms. The zero-order chi connectivity index (χ0) is 31.1. The zero-order valence-corrected chi connectivity index (χ0v) is 24.8. The molecular formula is C32H34N6O5S. The van der Waals surface area contributed by atoms with E-state index < -0.39 is 22.0 Å². The van der Waals surface area contributed by atoms with Crippen LogP contribution in [0.3, 0.4) is 0 Å². The number of piperazine rings is 1. The number of urea groups is 1. The summed E-state index contributed by atoms with van der Waals surface area (Å²) >= 11 is 0.